The normalized spacial score (nSPS) is 29.9. The maximum atomic E-state index is 12.0. The van der Waals surface area contributed by atoms with Gasteiger partial charge in [-0.3, -0.25) is 4.79 Å². The largest absolute Gasteiger partial charge is 0.341 e. The number of carbonyl (C=O) groups excluding carboxylic acids is 1. The smallest absolute Gasteiger partial charge is 0.236 e. The van der Waals surface area contributed by atoms with Crippen LogP contribution < -0.4 is 5.32 Å². The Hall–Kier alpha value is -0.610. The van der Waals surface area contributed by atoms with Crippen LogP contribution in [0.4, 0.5) is 0 Å². The van der Waals surface area contributed by atoms with Crippen LogP contribution in [0.3, 0.4) is 0 Å². The molecule has 0 aromatic carbocycles. The standard InChI is InChI=1S/C13H25N3O/c1-15(2)10-13(17)16-8-4-5-11(9-16)12-6-3-7-14-12/h11-12,14H,3-10H2,1-2H3. The van der Waals surface area contributed by atoms with Gasteiger partial charge in [-0.15, -0.1) is 0 Å². The lowest BCUT2D eigenvalue weighted by molar-refractivity contribution is -0.133. The highest BCUT2D eigenvalue weighted by Gasteiger charge is 2.30. The van der Waals surface area contributed by atoms with Gasteiger partial charge < -0.3 is 15.1 Å². The van der Waals surface area contributed by atoms with Crippen molar-refractivity contribution in [1.29, 1.82) is 0 Å². The van der Waals surface area contributed by atoms with Gasteiger partial charge in [-0.1, -0.05) is 0 Å². The Morgan fingerprint density at radius 1 is 1.35 bits per heavy atom. The summed E-state index contributed by atoms with van der Waals surface area (Å²) in [6.45, 7) is 3.62. The Bertz CT molecular complexity index is 261. The number of piperidine rings is 1. The van der Waals surface area contributed by atoms with E-state index in [-0.39, 0.29) is 5.91 Å². The Labute approximate surface area is 104 Å². The summed E-state index contributed by atoms with van der Waals surface area (Å²) in [5.74, 6) is 0.968. The quantitative estimate of drug-likeness (QED) is 0.781. The molecule has 2 unspecified atom stereocenters. The number of nitrogens with one attached hydrogen (secondary N) is 1. The third-order valence-electron chi connectivity index (χ3n) is 3.93. The van der Waals surface area contributed by atoms with Gasteiger partial charge in [0, 0.05) is 19.1 Å². The van der Waals surface area contributed by atoms with Gasteiger partial charge in [0.25, 0.3) is 0 Å². The average Bonchev–Trinajstić information content (AvgIpc) is 2.82. The molecule has 1 N–H and O–H groups in total. The Balaban J connectivity index is 1.85. The molecular weight excluding hydrogens is 214 g/mol. The van der Waals surface area contributed by atoms with Crippen molar-refractivity contribution in [3.05, 3.63) is 0 Å². The third kappa shape index (κ3) is 3.42. The van der Waals surface area contributed by atoms with Gasteiger partial charge in [-0.25, -0.2) is 0 Å². The van der Waals surface area contributed by atoms with Crippen LogP contribution in [-0.2, 0) is 4.79 Å². The van der Waals surface area contributed by atoms with Crippen LogP contribution in [0.1, 0.15) is 25.7 Å². The van der Waals surface area contributed by atoms with Crippen molar-refractivity contribution in [2.24, 2.45) is 5.92 Å². The van der Waals surface area contributed by atoms with E-state index in [4.69, 9.17) is 0 Å². The number of likely N-dealkylation sites (tertiary alicyclic amines) is 1. The predicted molar refractivity (Wildman–Crippen MR) is 68.9 cm³/mol. The third-order valence-corrected chi connectivity index (χ3v) is 3.93. The molecule has 2 aliphatic heterocycles. The van der Waals surface area contributed by atoms with E-state index < -0.39 is 0 Å². The van der Waals surface area contributed by atoms with E-state index in [1.165, 1.54) is 25.7 Å². The average molecular weight is 239 g/mol. The molecule has 4 heteroatoms. The molecule has 17 heavy (non-hydrogen) atoms. The fraction of sp³-hybridized carbons (Fsp3) is 0.923. The number of carbonyl (C=O) groups is 1. The van der Waals surface area contributed by atoms with E-state index in [0.29, 0.717) is 18.5 Å². The van der Waals surface area contributed by atoms with Crippen molar-refractivity contribution in [3.63, 3.8) is 0 Å². The Kier molecular flexibility index (Phi) is 4.40. The zero-order chi connectivity index (χ0) is 12.3. The van der Waals surface area contributed by atoms with Gasteiger partial charge in [0.2, 0.25) is 5.91 Å². The number of amides is 1. The minimum atomic E-state index is 0.290. The summed E-state index contributed by atoms with van der Waals surface area (Å²) >= 11 is 0. The second-order valence-corrected chi connectivity index (χ2v) is 5.68. The van der Waals surface area contributed by atoms with Gasteiger partial charge in [0.05, 0.1) is 6.54 Å². The van der Waals surface area contributed by atoms with Crippen LogP contribution in [0.15, 0.2) is 0 Å². The topological polar surface area (TPSA) is 35.6 Å². The molecular formula is C13H25N3O. The molecule has 4 nitrogen and oxygen atoms in total. The molecule has 2 rings (SSSR count). The summed E-state index contributed by atoms with van der Waals surface area (Å²) in [7, 11) is 3.91. The molecule has 98 valence electrons. The number of hydrogen-bond acceptors (Lipinski definition) is 3. The van der Waals surface area contributed by atoms with Gasteiger partial charge in [0.15, 0.2) is 0 Å². The Morgan fingerprint density at radius 2 is 2.18 bits per heavy atom. The highest BCUT2D eigenvalue weighted by atomic mass is 16.2. The molecule has 0 bridgehead atoms. The van der Waals surface area contributed by atoms with Crippen molar-refractivity contribution in [2.45, 2.75) is 31.7 Å². The molecule has 0 saturated carbocycles. The number of rotatable bonds is 3. The summed E-state index contributed by atoms with van der Waals surface area (Å²) < 4.78 is 0. The molecule has 0 spiro atoms. The summed E-state index contributed by atoms with van der Waals surface area (Å²) in [6.07, 6.45) is 5.04. The molecule has 0 aromatic heterocycles. The second kappa shape index (κ2) is 5.83. The first kappa shape index (κ1) is 12.8. The number of nitrogens with zero attached hydrogens (tertiary/aromatic N) is 2. The monoisotopic (exact) mass is 239 g/mol. The molecule has 2 aliphatic rings. The molecule has 0 radical (unpaired) electrons. The zero-order valence-electron chi connectivity index (χ0n) is 11.1. The van der Waals surface area contributed by atoms with Crippen LogP contribution in [-0.4, -0.2) is 62.0 Å². The molecule has 2 fully saturated rings. The van der Waals surface area contributed by atoms with Gasteiger partial charge in [0.1, 0.15) is 0 Å². The molecule has 2 atom stereocenters. The van der Waals surface area contributed by atoms with E-state index in [2.05, 4.69) is 10.2 Å². The van der Waals surface area contributed by atoms with E-state index in [0.717, 1.165) is 19.6 Å². The minimum Gasteiger partial charge on any atom is -0.341 e. The van der Waals surface area contributed by atoms with E-state index >= 15 is 0 Å². The molecule has 0 aliphatic carbocycles. The van der Waals surface area contributed by atoms with Gasteiger partial charge in [-0.2, -0.15) is 0 Å². The first-order valence-electron chi connectivity index (χ1n) is 6.82. The second-order valence-electron chi connectivity index (χ2n) is 5.68. The van der Waals surface area contributed by atoms with Crippen molar-refractivity contribution >= 4 is 5.91 Å². The van der Waals surface area contributed by atoms with Crippen molar-refractivity contribution in [3.8, 4) is 0 Å². The van der Waals surface area contributed by atoms with Gasteiger partial charge in [-0.05, 0) is 52.2 Å². The molecule has 0 aromatic rings. The van der Waals surface area contributed by atoms with Crippen molar-refractivity contribution in [2.75, 3.05) is 40.3 Å². The highest BCUT2D eigenvalue weighted by molar-refractivity contribution is 5.78. The van der Waals surface area contributed by atoms with Crippen molar-refractivity contribution < 1.29 is 4.79 Å². The van der Waals surface area contributed by atoms with Crippen LogP contribution in [0, 0.1) is 5.92 Å². The minimum absolute atomic E-state index is 0.290. The SMILES string of the molecule is CN(C)CC(=O)N1CCCC(C2CCCN2)C1. The summed E-state index contributed by atoms with van der Waals surface area (Å²) in [5.41, 5.74) is 0. The maximum Gasteiger partial charge on any atom is 0.236 e. The van der Waals surface area contributed by atoms with E-state index in [1.54, 1.807) is 0 Å². The highest BCUT2D eigenvalue weighted by Crippen LogP contribution is 2.24. The summed E-state index contributed by atoms with van der Waals surface area (Å²) in [4.78, 5) is 16.1. The summed E-state index contributed by atoms with van der Waals surface area (Å²) in [6, 6.07) is 0.657. The maximum absolute atomic E-state index is 12.0. The first-order valence-corrected chi connectivity index (χ1v) is 6.82. The predicted octanol–water partition coefficient (Wildman–Crippen LogP) is 0.539. The van der Waals surface area contributed by atoms with Crippen LogP contribution in [0.5, 0.6) is 0 Å². The van der Waals surface area contributed by atoms with Gasteiger partial charge >= 0.3 is 0 Å². The summed E-state index contributed by atoms with van der Waals surface area (Å²) in [5, 5.41) is 3.58. The number of hydrogen-bond donors (Lipinski definition) is 1. The fourth-order valence-corrected chi connectivity index (χ4v) is 3.05. The lowest BCUT2D eigenvalue weighted by atomic mass is 9.90. The molecule has 1 amide bonds. The number of likely N-dealkylation sites (N-methyl/N-ethyl adjacent to an activating group) is 1. The lowest BCUT2D eigenvalue weighted by Gasteiger charge is -2.36. The fourth-order valence-electron chi connectivity index (χ4n) is 3.05. The van der Waals surface area contributed by atoms with E-state index in [9.17, 15) is 4.79 Å². The molecule has 2 heterocycles. The first-order chi connectivity index (χ1) is 8.16. The van der Waals surface area contributed by atoms with Crippen LogP contribution >= 0.6 is 0 Å². The Morgan fingerprint density at radius 3 is 2.82 bits per heavy atom. The molecule has 2 saturated heterocycles. The van der Waals surface area contributed by atoms with E-state index in [1.807, 2.05) is 19.0 Å². The zero-order valence-corrected chi connectivity index (χ0v) is 11.1. The van der Waals surface area contributed by atoms with Crippen LogP contribution in [0.25, 0.3) is 0 Å². The lowest BCUT2D eigenvalue weighted by Crippen LogP contribution is -2.48. The van der Waals surface area contributed by atoms with Crippen LogP contribution in [0.2, 0.25) is 0 Å². The van der Waals surface area contributed by atoms with Crippen molar-refractivity contribution in [1.82, 2.24) is 15.1 Å².